The Balaban J connectivity index is 1.37. The van der Waals surface area contributed by atoms with Crippen LogP contribution in [0.3, 0.4) is 0 Å². The Hall–Kier alpha value is -0.500. The van der Waals surface area contributed by atoms with E-state index in [2.05, 4.69) is 26.8 Å². The zero-order valence-electron chi connectivity index (χ0n) is 21.7. The van der Waals surface area contributed by atoms with E-state index in [1.54, 1.807) is 5.57 Å². The second-order valence-corrected chi connectivity index (χ2v) is 12.8. The summed E-state index contributed by atoms with van der Waals surface area (Å²) < 4.78 is 5.77. The topological polar surface area (TPSA) is 26.3 Å². The van der Waals surface area contributed by atoms with Crippen LogP contribution >= 0.6 is 11.6 Å². The van der Waals surface area contributed by atoms with Crippen LogP contribution in [-0.2, 0) is 9.53 Å². The molecule has 0 aromatic rings. The maximum Gasteiger partial charge on any atom is 0.307 e. The summed E-state index contributed by atoms with van der Waals surface area (Å²) >= 11 is 5.73. The maximum absolute atomic E-state index is 12.0. The summed E-state index contributed by atoms with van der Waals surface area (Å²) in [7, 11) is 0. The van der Waals surface area contributed by atoms with E-state index in [1.807, 2.05) is 0 Å². The van der Waals surface area contributed by atoms with Crippen molar-refractivity contribution in [3.8, 4) is 0 Å². The molecule has 0 aliphatic heterocycles. The van der Waals surface area contributed by atoms with E-state index >= 15 is 0 Å². The van der Waals surface area contributed by atoms with Crippen LogP contribution in [0.2, 0.25) is 0 Å². The van der Waals surface area contributed by atoms with Gasteiger partial charge in [0.05, 0.1) is 6.42 Å². The molecule has 0 spiro atoms. The van der Waals surface area contributed by atoms with Crippen LogP contribution in [0.4, 0.5) is 0 Å². The number of esters is 1. The highest BCUT2D eigenvalue weighted by atomic mass is 35.5. The molecule has 0 amide bonds. The molecule has 0 radical (unpaired) electrons. The number of carbonyl (C=O) groups excluding carboxylic acids is 1. The van der Waals surface area contributed by atoms with Crippen LogP contribution in [0.25, 0.3) is 0 Å². The van der Waals surface area contributed by atoms with E-state index in [1.165, 1.54) is 83.5 Å². The Bertz CT molecular complexity index is 701. The number of hydrogen-bond donors (Lipinski definition) is 0. The molecule has 4 rings (SSSR count). The van der Waals surface area contributed by atoms with Gasteiger partial charge in [-0.2, -0.15) is 0 Å². The first-order chi connectivity index (χ1) is 15.9. The third-order valence-electron chi connectivity index (χ3n) is 10.8. The number of hydrogen-bond acceptors (Lipinski definition) is 2. The van der Waals surface area contributed by atoms with Gasteiger partial charge >= 0.3 is 5.97 Å². The average molecular weight is 477 g/mol. The Morgan fingerprint density at radius 3 is 2.61 bits per heavy atom. The van der Waals surface area contributed by atoms with Crippen LogP contribution in [0.1, 0.15) is 124 Å². The first-order valence-electron chi connectivity index (χ1n) is 14.4. The van der Waals surface area contributed by atoms with Crippen molar-refractivity contribution in [2.24, 2.45) is 34.5 Å². The highest BCUT2D eigenvalue weighted by Crippen LogP contribution is 2.66. The van der Waals surface area contributed by atoms with E-state index in [0.717, 1.165) is 36.5 Å². The second kappa shape index (κ2) is 11.0. The molecule has 3 saturated carbocycles. The molecule has 33 heavy (non-hydrogen) atoms. The summed E-state index contributed by atoms with van der Waals surface area (Å²) in [5, 5.41) is 0. The summed E-state index contributed by atoms with van der Waals surface area (Å²) in [6.07, 6.45) is 23.2. The first kappa shape index (κ1) is 25.6. The lowest BCUT2D eigenvalue weighted by atomic mass is 9.47. The van der Waals surface area contributed by atoms with E-state index in [0.29, 0.717) is 23.1 Å². The van der Waals surface area contributed by atoms with Crippen molar-refractivity contribution in [2.45, 2.75) is 130 Å². The van der Waals surface area contributed by atoms with Gasteiger partial charge in [0.15, 0.2) is 0 Å². The number of halogens is 1. The van der Waals surface area contributed by atoms with Gasteiger partial charge in [-0.15, -0.1) is 11.6 Å². The quantitative estimate of drug-likeness (QED) is 0.136. The Kier molecular flexibility index (Phi) is 8.57. The predicted molar refractivity (Wildman–Crippen MR) is 138 cm³/mol. The fourth-order valence-corrected chi connectivity index (χ4v) is 8.96. The second-order valence-electron chi connectivity index (χ2n) is 12.4. The SMILES string of the molecule is CCCCCCCC[C@@H]1CC[C@@H]2[C@@H]3CC=C4C[C@@H](OC(=O)CCCl)CC[C@]4(C)[C@@H]3CC[C@]12C. The molecular weight excluding hydrogens is 428 g/mol. The van der Waals surface area contributed by atoms with E-state index in [-0.39, 0.29) is 12.1 Å². The number of fused-ring (bicyclic) bond motifs is 5. The van der Waals surface area contributed by atoms with E-state index in [4.69, 9.17) is 16.3 Å². The van der Waals surface area contributed by atoms with Crippen molar-refractivity contribution in [3.05, 3.63) is 11.6 Å². The summed E-state index contributed by atoms with van der Waals surface area (Å²) in [6.45, 7) is 7.54. The molecule has 0 unspecified atom stereocenters. The van der Waals surface area contributed by atoms with Gasteiger partial charge in [0.1, 0.15) is 6.10 Å². The molecule has 0 aromatic heterocycles. The fraction of sp³-hybridized carbons (Fsp3) is 0.900. The molecular formula is C30H49ClO2. The molecule has 0 bridgehead atoms. The smallest absolute Gasteiger partial charge is 0.307 e. The lowest BCUT2D eigenvalue weighted by Crippen LogP contribution is -2.50. The van der Waals surface area contributed by atoms with Crippen molar-refractivity contribution in [3.63, 3.8) is 0 Å². The van der Waals surface area contributed by atoms with Crippen molar-refractivity contribution in [1.29, 1.82) is 0 Å². The fourth-order valence-electron chi connectivity index (χ4n) is 8.80. The van der Waals surface area contributed by atoms with E-state index < -0.39 is 0 Å². The molecule has 2 nitrogen and oxygen atoms in total. The van der Waals surface area contributed by atoms with Gasteiger partial charge in [0, 0.05) is 12.3 Å². The third kappa shape index (κ3) is 5.22. The van der Waals surface area contributed by atoms with Crippen LogP contribution < -0.4 is 0 Å². The summed E-state index contributed by atoms with van der Waals surface area (Å²) in [5.41, 5.74) is 2.52. The zero-order valence-corrected chi connectivity index (χ0v) is 22.4. The largest absolute Gasteiger partial charge is 0.462 e. The standard InChI is InChI=1S/C30H49ClO2/c1-4-5-6-7-8-9-10-22-12-14-26-25-13-11-23-21-24(33-28(32)17-20-31)15-18-30(23,3)27(25)16-19-29(22,26)2/h11,22,24-27H,4-10,12-21H2,1-3H3/t22-,24+,25+,26-,27-,29-,30+/m1/s1. The Morgan fingerprint density at radius 2 is 1.82 bits per heavy atom. The Morgan fingerprint density at radius 1 is 1.03 bits per heavy atom. The van der Waals surface area contributed by atoms with Crippen molar-refractivity contribution in [2.75, 3.05) is 5.88 Å². The van der Waals surface area contributed by atoms with Crippen LogP contribution in [0.15, 0.2) is 11.6 Å². The summed E-state index contributed by atoms with van der Waals surface area (Å²) in [5.74, 6) is 3.84. The molecule has 0 saturated heterocycles. The number of ether oxygens (including phenoxy) is 1. The van der Waals surface area contributed by atoms with Crippen molar-refractivity contribution >= 4 is 17.6 Å². The molecule has 0 aromatic carbocycles. The highest BCUT2D eigenvalue weighted by Gasteiger charge is 2.58. The minimum Gasteiger partial charge on any atom is -0.462 e. The minimum absolute atomic E-state index is 0.0682. The predicted octanol–water partition coefficient (Wildman–Crippen LogP) is 8.86. The van der Waals surface area contributed by atoms with Crippen LogP contribution in [0, 0.1) is 34.5 Å². The van der Waals surface area contributed by atoms with Gasteiger partial charge in [-0.05, 0) is 85.9 Å². The summed E-state index contributed by atoms with van der Waals surface area (Å²) in [6, 6.07) is 0. The number of unbranched alkanes of at least 4 members (excludes halogenated alkanes) is 5. The van der Waals surface area contributed by atoms with Gasteiger partial charge in [-0.25, -0.2) is 0 Å². The maximum atomic E-state index is 12.0. The third-order valence-corrected chi connectivity index (χ3v) is 10.9. The van der Waals surface area contributed by atoms with Gasteiger partial charge in [0.2, 0.25) is 0 Å². The molecule has 7 atom stereocenters. The molecule has 3 fully saturated rings. The van der Waals surface area contributed by atoms with Crippen molar-refractivity contribution in [1.82, 2.24) is 0 Å². The number of alkyl halides is 1. The lowest BCUT2D eigenvalue weighted by Gasteiger charge is -2.58. The highest BCUT2D eigenvalue weighted by molar-refractivity contribution is 6.18. The zero-order chi connectivity index (χ0) is 23.5. The van der Waals surface area contributed by atoms with Gasteiger partial charge in [0.25, 0.3) is 0 Å². The Labute approximate surface area is 208 Å². The lowest BCUT2D eigenvalue weighted by molar-refractivity contribution is -0.151. The number of rotatable bonds is 10. The monoisotopic (exact) mass is 476 g/mol. The molecule has 3 heteroatoms. The van der Waals surface area contributed by atoms with Crippen molar-refractivity contribution < 1.29 is 9.53 Å². The molecule has 0 N–H and O–H groups in total. The molecule has 0 heterocycles. The van der Waals surface area contributed by atoms with Crippen LogP contribution in [0.5, 0.6) is 0 Å². The summed E-state index contributed by atoms with van der Waals surface area (Å²) in [4.78, 5) is 12.0. The number of allylic oxidation sites excluding steroid dienone is 1. The molecule has 4 aliphatic carbocycles. The normalized spacial score (nSPS) is 39.9. The van der Waals surface area contributed by atoms with Crippen LogP contribution in [-0.4, -0.2) is 18.0 Å². The van der Waals surface area contributed by atoms with E-state index in [9.17, 15) is 4.79 Å². The molecule has 188 valence electrons. The van der Waals surface area contributed by atoms with Gasteiger partial charge in [-0.1, -0.05) is 70.9 Å². The van der Waals surface area contributed by atoms with Gasteiger partial charge in [-0.3, -0.25) is 4.79 Å². The number of carbonyl (C=O) groups is 1. The average Bonchev–Trinajstić information content (AvgIpc) is 3.13. The first-order valence-corrected chi connectivity index (χ1v) is 14.9. The molecule has 4 aliphatic rings. The minimum atomic E-state index is -0.122. The van der Waals surface area contributed by atoms with Gasteiger partial charge < -0.3 is 4.74 Å².